The zero-order valence-corrected chi connectivity index (χ0v) is 39.0. The van der Waals surface area contributed by atoms with E-state index in [2.05, 4.69) is 31.9 Å². The van der Waals surface area contributed by atoms with Crippen molar-refractivity contribution in [2.24, 2.45) is 0 Å². The second-order valence-corrected chi connectivity index (χ2v) is 19.2. The first-order valence-electron chi connectivity index (χ1n) is 23.9. The minimum atomic E-state index is -0.537. The first kappa shape index (κ1) is 55.5. The molecule has 9 heteroatoms. The van der Waals surface area contributed by atoms with E-state index >= 15 is 0 Å². The molecule has 0 rings (SSSR count). The molecule has 0 aliphatic rings. The first-order valence-corrected chi connectivity index (χ1v) is 26.7. The third-order valence-corrected chi connectivity index (χ3v) is 12.8. The minimum Gasteiger partial charge on any atom is -0.466 e. The van der Waals surface area contributed by atoms with Crippen molar-refractivity contribution in [3.8, 4) is 0 Å². The molecule has 0 aliphatic heterocycles. The molecule has 0 amide bonds. The average Bonchev–Trinajstić information content (AvgIpc) is 3.17. The predicted molar refractivity (Wildman–Crippen MR) is 245 cm³/mol. The van der Waals surface area contributed by atoms with Gasteiger partial charge in [-0.25, -0.2) is 0 Å². The normalized spacial score (nSPS) is 12.8. The molecule has 0 radical (unpaired) electrons. The average molecular weight is 832 g/mol. The third kappa shape index (κ3) is 40.3. The second kappa shape index (κ2) is 44.1. The van der Waals surface area contributed by atoms with E-state index in [4.69, 9.17) is 9.47 Å². The van der Waals surface area contributed by atoms with Crippen LogP contribution in [0.5, 0.6) is 0 Å². The lowest BCUT2D eigenvalue weighted by atomic mass is 10.0. The lowest BCUT2D eigenvalue weighted by Crippen LogP contribution is -2.38. The number of carbonyl (C=O) groups is 2. The van der Waals surface area contributed by atoms with Crippen LogP contribution in [0.1, 0.15) is 233 Å². The van der Waals surface area contributed by atoms with Gasteiger partial charge in [0.05, 0.1) is 18.8 Å². The second-order valence-electron chi connectivity index (χ2n) is 16.5. The fourth-order valence-electron chi connectivity index (χ4n) is 7.41. The number of ether oxygens (including phenoxy) is 2. The summed E-state index contributed by atoms with van der Waals surface area (Å²) >= 11 is 0. The summed E-state index contributed by atoms with van der Waals surface area (Å²) in [6.45, 7) is 9.13. The number of unbranched alkanes of at least 4 members (excludes halogenated alkanes) is 21. The molecule has 0 aliphatic carbocycles. The van der Waals surface area contributed by atoms with Gasteiger partial charge in [0.1, 0.15) is 6.10 Å². The van der Waals surface area contributed by atoms with Crippen molar-refractivity contribution in [3.05, 3.63) is 0 Å². The highest BCUT2D eigenvalue weighted by atomic mass is 33.1. The zero-order valence-electron chi connectivity index (χ0n) is 37.4. The third-order valence-electron chi connectivity index (χ3n) is 10.9. The Morgan fingerprint density at radius 2 is 0.964 bits per heavy atom. The molecule has 7 nitrogen and oxygen atoms in total. The van der Waals surface area contributed by atoms with Gasteiger partial charge in [-0.3, -0.25) is 14.5 Å². The number of rotatable bonds is 45. The monoisotopic (exact) mass is 832 g/mol. The first-order chi connectivity index (χ1) is 27.4. The lowest BCUT2D eigenvalue weighted by Gasteiger charge is -2.27. The van der Waals surface area contributed by atoms with E-state index < -0.39 is 12.2 Å². The van der Waals surface area contributed by atoms with Gasteiger partial charge in [0.15, 0.2) is 0 Å². The number of esters is 2. The van der Waals surface area contributed by atoms with Crippen LogP contribution in [0.15, 0.2) is 0 Å². The lowest BCUT2D eigenvalue weighted by molar-refractivity contribution is -0.150. The van der Waals surface area contributed by atoms with Gasteiger partial charge in [-0.05, 0) is 83.4 Å². The highest BCUT2D eigenvalue weighted by Gasteiger charge is 2.18. The number of hydrogen-bond donors (Lipinski definition) is 2. The van der Waals surface area contributed by atoms with Crippen LogP contribution in [0.25, 0.3) is 0 Å². The SMILES string of the molecule is CCCCCCCCCCCOC(=O)CCCC(O)CN(CCCCSSC)CC(O)CCCCCC(=O)OC(CCCCCCCC)CCCCCCCC. The van der Waals surface area contributed by atoms with E-state index in [1.165, 1.54) is 109 Å². The summed E-state index contributed by atoms with van der Waals surface area (Å²) in [6, 6.07) is 0. The summed E-state index contributed by atoms with van der Waals surface area (Å²) in [5.41, 5.74) is 0. The van der Waals surface area contributed by atoms with Gasteiger partial charge >= 0.3 is 11.9 Å². The Morgan fingerprint density at radius 1 is 0.518 bits per heavy atom. The fraction of sp³-hybridized carbons (Fsp3) is 0.957. The summed E-state index contributed by atoms with van der Waals surface area (Å²) in [5.74, 6) is 0.881. The Labute approximate surface area is 355 Å². The van der Waals surface area contributed by atoms with Crippen LogP contribution in [-0.4, -0.2) is 83.6 Å². The molecule has 0 spiro atoms. The van der Waals surface area contributed by atoms with Crippen LogP contribution in [-0.2, 0) is 19.1 Å². The molecule has 0 aromatic carbocycles. The molecule has 56 heavy (non-hydrogen) atoms. The fourth-order valence-corrected chi connectivity index (χ4v) is 8.75. The Hall–Kier alpha value is -0.480. The Morgan fingerprint density at radius 3 is 1.50 bits per heavy atom. The molecule has 2 N–H and O–H groups in total. The highest BCUT2D eigenvalue weighted by Crippen LogP contribution is 2.20. The quantitative estimate of drug-likeness (QED) is 0.0353. The minimum absolute atomic E-state index is 0.0561. The largest absolute Gasteiger partial charge is 0.466 e. The number of nitrogens with zero attached hydrogens (tertiary/aromatic N) is 1. The van der Waals surface area contributed by atoms with Crippen molar-refractivity contribution in [1.29, 1.82) is 0 Å². The van der Waals surface area contributed by atoms with Crippen LogP contribution in [0.2, 0.25) is 0 Å². The molecular weight excluding hydrogens is 739 g/mol. The Kier molecular flexibility index (Phi) is 43.7. The molecule has 0 aromatic heterocycles. The van der Waals surface area contributed by atoms with Crippen molar-refractivity contribution in [2.45, 2.75) is 251 Å². The highest BCUT2D eigenvalue weighted by molar-refractivity contribution is 8.76. The van der Waals surface area contributed by atoms with E-state index in [1.54, 1.807) is 10.8 Å². The smallest absolute Gasteiger partial charge is 0.306 e. The van der Waals surface area contributed by atoms with E-state index in [-0.39, 0.29) is 18.0 Å². The number of carbonyl (C=O) groups excluding carboxylic acids is 2. The molecule has 0 fully saturated rings. The number of aliphatic hydroxyl groups is 2. The van der Waals surface area contributed by atoms with Crippen LogP contribution < -0.4 is 0 Å². The molecule has 2 atom stereocenters. The van der Waals surface area contributed by atoms with Gasteiger partial charge in [-0.15, -0.1) is 0 Å². The van der Waals surface area contributed by atoms with Gasteiger partial charge in [0.25, 0.3) is 0 Å². The predicted octanol–water partition coefficient (Wildman–Crippen LogP) is 13.4. The van der Waals surface area contributed by atoms with E-state index in [9.17, 15) is 19.8 Å². The van der Waals surface area contributed by atoms with E-state index in [0.29, 0.717) is 51.8 Å². The standard InChI is InChI=1S/C47H93NO6S2/c1-5-8-11-14-17-18-19-22-29-39-53-46(51)37-31-33-44(50)42-48(38-28-30-40-56-55-4)41-43(49)32-24-23-27-36-47(52)54-45(34-25-20-15-12-9-6-2)35-26-21-16-13-10-7-3/h43-45,49-50H,5-42H2,1-4H3. The number of aliphatic hydroxyl groups excluding tert-OH is 2. The van der Waals surface area contributed by atoms with Crippen molar-refractivity contribution < 1.29 is 29.3 Å². The summed E-state index contributed by atoms with van der Waals surface area (Å²) < 4.78 is 11.5. The summed E-state index contributed by atoms with van der Waals surface area (Å²) in [7, 11) is 3.66. The molecule has 334 valence electrons. The van der Waals surface area contributed by atoms with Crippen molar-refractivity contribution in [1.82, 2.24) is 4.90 Å². The number of hydrogen-bond acceptors (Lipinski definition) is 9. The van der Waals surface area contributed by atoms with E-state index in [0.717, 1.165) is 82.9 Å². The maximum Gasteiger partial charge on any atom is 0.306 e. The van der Waals surface area contributed by atoms with Gasteiger partial charge in [0, 0.05) is 31.7 Å². The Bertz CT molecular complexity index is 820. The van der Waals surface area contributed by atoms with Crippen molar-refractivity contribution in [2.75, 3.05) is 38.2 Å². The molecular formula is C47H93NO6S2. The zero-order chi connectivity index (χ0) is 41.2. The maximum atomic E-state index is 12.8. The molecule has 2 unspecified atom stereocenters. The Balaban J connectivity index is 4.48. The van der Waals surface area contributed by atoms with E-state index in [1.807, 2.05) is 10.8 Å². The van der Waals surface area contributed by atoms with Crippen LogP contribution in [0, 0.1) is 0 Å². The van der Waals surface area contributed by atoms with Crippen LogP contribution in [0.4, 0.5) is 0 Å². The molecule has 0 bridgehead atoms. The van der Waals surface area contributed by atoms with Gasteiger partial charge in [0.2, 0.25) is 0 Å². The molecule has 0 aromatic rings. The molecule has 0 saturated carbocycles. The summed E-state index contributed by atoms with van der Waals surface area (Å²) in [5, 5.41) is 21.8. The van der Waals surface area contributed by atoms with Crippen molar-refractivity contribution >= 4 is 33.5 Å². The van der Waals surface area contributed by atoms with Crippen LogP contribution in [0.3, 0.4) is 0 Å². The summed E-state index contributed by atoms with van der Waals surface area (Å²) in [4.78, 5) is 27.3. The van der Waals surface area contributed by atoms with Gasteiger partial charge < -0.3 is 19.7 Å². The molecule has 0 heterocycles. The maximum absolute atomic E-state index is 12.8. The topological polar surface area (TPSA) is 96.3 Å². The van der Waals surface area contributed by atoms with Gasteiger partial charge in [-0.2, -0.15) is 0 Å². The van der Waals surface area contributed by atoms with Crippen LogP contribution >= 0.6 is 21.6 Å². The molecule has 0 saturated heterocycles. The van der Waals surface area contributed by atoms with Gasteiger partial charge in [-0.1, -0.05) is 171 Å². The summed E-state index contributed by atoms with van der Waals surface area (Å²) in [6.07, 6.45) is 36.7. The van der Waals surface area contributed by atoms with Crippen molar-refractivity contribution in [3.63, 3.8) is 0 Å².